The van der Waals surface area contributed by atoms with Gasteiger partial charge in [0, 0.05) is 26.2 Å². The van der Waals surface area contributed by atoms with E-state index in [-0.39, 0.29) is 0 Å². The molecule has 1 aliphatic heterocycles. The van der Waals surface area contributed by atoms with Crippen LogP contribution in [0, 0.1) is 5.92 Å². The predicted molar refractivity (Wildman–Crippen MR) is 95.5 cm³/mol. The van der Waals surface area contributed by atoms with Crippen LogP contribution in [0.3, 0.4) is 0 Å². The van der Waals surface area contributed by atoms with Crippen LogP contribution in [-0.4, -0.2) is 57.4 Å². The van der Waals surface area contributed by atoms with E-state index in [0.29, 0.717) is 22.5 Å². The molecule has 0 saturated carbocycles. The highest BCUT2D eigenvalue weighted by Gasteiger charge is 2.10. The van der Waals surface area contributed by atoms with Crippen molar-refractivity contribution in [1.29, 1.82) is 0 Å². The van der Waals surface area contributed by atoms with Crippen LogP contribution in [0.5, 0.6) is 0 Å². The van der Waals surface area contributed by atoms with E-state index in [9.17, 15) is 0 Å². The Morgan fingerprint density at radius 1 is 1.27 bits per heavy atom. The molecular formula is C16H29Cl2N3O. The second-order valence-corrected chi connectivity index (χ2v) is 6.33. The predicted octanol–water partition coefficient (Wildman–Crippen LogP) is 2.53. The van der Waals surface area contributed by atoms with Crippen molar-refractivity contribution in [1.82, 2.24) is 10.2 Å². The molecule has 0 aromatic rings. The Morgan fingerprint density at radius 3 is 2.64 bits per heavy atom. The van der Waals surface area contributed by atoms with Gasteiger partial charge in [-0.25, -0.2) is 0 Å². The van der Waals surface area contributed by atoms with Gasteiger partial charge in [-0.15, -0.1) is 0 Å². The second kappa shape index (κ2) is 12.3. The fraction of sp³-hybridized carbons (Fsp3) is 0.750. The zero-order chi connectivity index (χ0) is 16.2. The van der Waals surface area contributed by atoms with Crippen LogP contribution in [0.4, 0.5) is 0 Å². The Kier molecular flexibility index (Phi) is 11.2. The number of morpholine rings is 1. The maximum absolute atomic E-state index is 6.09. The van der Waals surface area contributed by atoms with Crippen molar-refractivity contribution in [2.24, 2.45) is 11.7 Å². The van der Waals surface area contributed by atoms with E-state index in [0.717, 1.165) is 58.8 Å². The molecule has 0 spiro atoms. The summed E-state index contributed by atoms with van der Waals surface area (Å²) in [5.41, 5.74) is 5.83. The first kappa shape index (κ1) is 19.9. The average molecular weight is 350 g/mol. The van der Waals surface area contributed by atoms with Gasteiger partial charge in [0.2, 0.25) is 0 Å². The molecule has 0 aromatic heterocycles. The van der Waals surface area contributed by atoms with E-state index in [4.69, 9.17) is 33.7 Å². The Labute approximate surface area is 144 Å². The van der Waals surface area contributed by atoms with Crippen molar-refractivity contribution in [2.75, 3.05) is 52.5 Å². The first-order valence-corrected chi connectivity index (χ1v) is 8.81. The monoisotopic (exact) mass is 349 g/mol. The van der Waals surface area contributed by atoms with Crippen molar-refractivity contribution >= 4 is 23.2 Å². The minimum atomic E-state index is 0.436. The average Bonchev–Trinajstić information content (AvgIpc) is 2.57. The number of hydrogen-bond donors (Lipinski definition) is 2. The molecule has 1 atom stereocenters. The summed E-state index contributed by atoms with van der Waals surface area (Å²) in [6, 6.07) is 0. The van der Waals surface area contributed by atoms with Crippen LogP contribution in [0.25, 0.3) is 0 Å². The van der Waals surface area contributed by atoms with Crippen molar-refractivity contribution in [2.45, 2.75) is 19.8 Å². The van der Waals surface area contributed by atoms with Crippen LogP contribution >= 0.6 is 23.2 Å². The summed E-state index contributed by atoms with van der Waals surface area (Å²) < 4.78 is 5.34. The fourth-order valence-corrected chi connectivity index (χ4v) is 2.61. The number of allylic oxidation sites excluding steroid dienone is 4. The summed E-state index contributed by atoms with van der Waals surface area (Å²) in [6.07, 6.45) is 5.68. The van der Waals surface area contributed by atoms with Crippen molar-refractivity contribution in [3.63, 3.8) is 0 Å². The molecule has 1 saturated heterocycles. The zero-order valence-corrected chi connectivity index (χ0v) is 15.0. The van der Waals surface area contributed by atoms with Gasteiger partial charge in [-0.05, 0) is 38.8 Å². The molecule has 0 bridgehead atoms. The summed E-state index contributed by atoms with van der Waals surface area (Å²) in [6.45, 7) is 9.42. The van der Waals surface area contributed by atoms with Crippen molar-refractivity contribution < 1.29 is 4.74 Å². The first-order valence-electron chi connectivity index (χ1n) is 8.06. The van der Waals surface area contributed by atoms with E-state index >= 15 is 0 Å². The summed E-state index contributed by atoms with van der Waals surface area (Å²) in [5, 5.41) is 4.70. The van der Waals surface area contributed by atoms with Gasteiger partial charge in [0.1, 0.15) is 0 Å². The number of hydrogen-bond acceptors (Lipinski definition) is 4. The molecule has 0 aliphatic carbocycles. The summed E-state index contributed by atoms with van der Waals surface area (Å²) in [5.74, 6) is 0.436. The van der Waals surface area contributed by atoms with Crippen molar-refractivity contribution in [3.05, 3.63) is 22.2 Å². The van der Waals surface area contributed by atoms with Gasteiger partial charge < -0.3 is 15.8 Å². The molecule has 1 unspecified atom stereocenters. The Bertz CT molecular complexity index is 355. The molecule has 1 fully saturated rings. The smallest absolute Gasteiger partial charge is 0.0594 e. The SMILES string of the molecule is C/C=C(Cl)\C(Cl)=C/CC(CN)CCNCCN1CCOCC1. The maximum Gasteiger partial charge on any atom is 0.0594 e. The highest BCUT2D eigenvalue weighted by atomic mass is 35.5. The normalized spacial score (nSPS) is 19.5. The molecule has 1 aliphatic rings. The third kappa shape index (κ3) is 8.51. The van der Waals surface area contributed by atoms with Gasteiger partial charge in [0.15, 0.2) is 0 Å². The molecular weight excluding hydrogens is 321 g/mol. The standard InChI is InChI=1S/C16H29Cl2N3O/c1-2-15(17)16(18)4-3-14(13-19)5-6-20-7-8-21-9-11-22-12-10-21/h2,4,14,20H,3,5-13,19H2,1H3/b15-2+,16-4+. The van der Waals surface area contributed by atoms with Gasteiger partial charge in [-0.2, -0.15) is 0 Å². The Balaban J connectivity index is 2.12. The highest BCUT2D eigenvalue weighted by molar-refractivity contribution is 6.43. The highest BCUT2D eigenvalue weighted by Crippen LogP contribution is 2.21. The van der Waals surface area contributed by atoms with Gasteiger partial charge >= 0.3 is 0 Å². The topological polar surface area (TPSA) is 50.5 Å². The van der Waals surface area contributed by atoms with E-state index < -0.39 is 0 Å². The second-order valence-electron chi connectivity index (χ2n) is 5.52. The van der Waals surface area contributed by atoms with Crippen LogP contribution in [-0.2, 0) is 4.74 Å². The van der Waals surface area contributed by atoms with Gasteiger partial charge in [-0.1, -0.05) is 35.4 Å². The molecule has 0 aromatic carbocycles. The Morgan fingerprint density at radius 2 is 2.00 bits per heavy atom. The number of rotatable bonds is 10. The molecule has 6 heteroatoms. The number of nitrogens with zero attached hydrogens (tertiary/aromatic N) is 1. The van der Waals surface area contributed by atoms with E-state index in [2.05, 4.69) is 10.2 Å². The number of nitrogens with two attached hydrogens (primary N) is 1. The molecule has 22 heavy (non-hydrogen) atoms. The zero-order valence-electron chi connectivity index (χ0n) is 13.5. The quantitative estimate of drug-likeness (QED) is 0.470. The number of halogens is 2. The molecule has 1 rings (SSSR count). The third-order valence-electron chi connectivity index (χ3n) is 3.88. The first-order chi connectivity index (χ1) is 10.7. The number of nitrogens with one attached hydrogen (secondary N) is 1. The fourth-order valence-electron chi connectivity index (χ4n) is 2.33. The minimum Gasteiger partial charge on any atom is -0.379 e. The van der Waals surface area contributed by atoms with E-state index in [1.807, 2.05) is 13.0 Å². The van der Waals surface area contributed by atoms with Gasteiger partial charge in [-0.3, -0.25) is 4.90 Å². The summed E-state index contributed by atoms with van der Waals surface area (Å²) in [4.78, 5) is 2.43. The van der Waals surface area contributed by atoms with Crippen molar-refractivity contribution in [3.8, 4) is 0 Å². The third-order valence-corrected chi connectivity index (χ3v) is 4.76. The lowest BCUT2D eigenvalue weighted by molar-refractivity contribution is 0.0384. The van der Waals surface area contributed by atoms with E-state index in [1.165, 1.54) is 0 Å². The minimum absolute atomic E-state index is 0.436. The lowest BCUT2D eigenvalue weighted by Gasteiger charge is -2.26. The maximum atomic E-state index is 6.09. The van der Waals surface area contributed by atoms with E-state index in [1.54, 1.807) is 6.08 Å². The van der Waals surface area contributed by atoms with Gasteiger partial charge in [0.05, 0.1) is 23.3 Å². The molecule has 0 radical (unpaired) electrons. The molecule has 1 heterocycles. The summed E-state index contributed by atoms with van der Waals surface area (Å²) >= 11 is 12.1. The van der Waals surface area contributed by atoms with Crippen LogP contribution in [0.15, 0.2) is 22.2 Å². The summed E-state index contributed by atoms with van der Waals surface area (Å²) in [7, 11) is 0. The van der Waals surface area contributed by atoms with Crippen LogP contribution < -0.4 is 11.1 Å². The molecule has 4 nitrogen and oxygen atoms in total. The lowest BCUT2D eigenvalue weighted by Crippen LogP contribution is -2.40. The largest absolute Gasteiger partial charge is 0.379 e. The molecule has 0 amide bonds. The number of ether oxygens (including phenoxy) is 1. The van der Waals surface area contributed by atoms with Gasteiger partial charge in [0.25, 0.3) is 0 Å². The molecule has 128 valence electrons. The Hall–Kier alpha value is -0.100. The lowest BCUT2D eigenvalue weighted by atomic mass is 10.0. The van der Waals surface area contributed by atoms with Crippen LogP contribution in [0.1, 0.15) is 19.8 Å². The molecule has 3 N–H and O–H groups in total. The van der Waals surface area contributed by atoms with Crippen LogP contribution in [0.2, 0.25) is 0 Å².